The summed E-state index contributed by atoms with van der Waals surface area (Å²) in [6.07, 6.45) is 7.46. The van der Waals surface area contributed by atoms with Gasteiger partial charge in [0.25, 0.3) is 0 Å². The fraction of sp³-hybridized carbons (Fsp3) is 0.750. The van der Waals surface area contributed by atoms with Crippen molar-refractivity contribution in [1.82, 2.24) is 10.6 Å². The van der Waals surface area contributed by atoms with Gasteiger partial charge in [-0.1, -0.05) is 39.5 Å². The molecule has 0 aliphatic carbocycles. The second-order valence-electron chi connectivity index (χ2n) is 4.07. The van der Waals surface area contributed by atoms with Crippen molar-refractivity contribution in [2.45, 2.75) is 46.0 Å². The highest BCUT2D eigenvalue weighted by molar-refractivity contribution is 5.73. The SMILES string of the molecule is CCCCC(CC)C/C(=C\NC)NC(N)=O. The van der Waals surface area contributed by atoms with Crippen LogP contribution in [0.2, 0.25) is 0 Å². The first-order valence-electron chi connectivity index (χ1n) is 6.06. The molecule has 2 amide bonds. The molecule has 0 aromatic rings. The standard InChI is InChI=1S/C12H25N3O/c1-4-6-7-10(5-2)8-11(9-14-3)15-12(13)16/h9-10,14H,4-8H2,1-3H3,(H3,13,15,16)/b11-9+. The molecule has 1 unspecified atom stereocenters. The van der Waals surface area contributed by atoms with Gasteiger partial charge in [-0.05, 0) is 12.3 Å². The second-order valence-corrected chi connectivity index (χ2v) is 4.07. The average molecular weight is 227 g/mol. The zero-order chi connectivity index (χ0) is 12.4. The van der Waals surface area contributed by atoms with Crippen LogP contribution in [0.4, 0.5) is 4.79 Å². The molecule has 0 aliphatic heterocycles. The Morgan fingerprint density at radius 1 is 1.44 bits per heavy atom. The fourth-order valence-corrected chi connectivity index (χ4v) is 1.73. The third-order valence-electron chi connectivity index (χ3n) is 2.65. The lowest BCUT2D eigenvalue weighted by Gasteiger charge is -2.16. The molecular formula is C12H25N3O. The van der Waals surface area contributed by atoms with Crippen molar-refractivity contribution in [3.8, 4) is 0 Å². The Morgan fingerprint density at radius 2 is 2.12 bits per heavy atom. The molecule has 4 heteroatoms. The third kappa shape index (κ3) is 7.15. The predicted molar refractivity (Wildman–Crippen MR) is 67.8 cm³/mol. The first-order chi connectivity index (χ1) is 7.63. The number of nitrogens with one attached hydrogen (secondary N) is 2. The summed E-state index contributed by atoms with van der Waals surface area (Å²) >= 11 is 0. The van der Waals surface area contributed by atoms with E-state index in [1.807, 2.05) is 7.05 Å². The normalized spacial score (nSPS) is 13.3. The number of hydrogen-bond acceptors (Lipinski definition) is 2. The maximum absolute atomic E-state index is 10.8. The minimum Gasteiger partial charge on any atom is -0.393 e. The number of allylic oxidation sites excluding steroid dienone is 1. The summed E-state index contributed by atoms with van der Waals surface area (Å²) < 4.78 is 0. The van der Waals surface area contributed by atoms with Gasteiger partial charge in [-0.3, -0.25) is 0 Å². The Labute approximate surface area is 98.7 Å². The van der Waals surface area contributed by atoms with Crippen LogP contribution >= 0.6 is 0 Å². The molecule has 0 aromatic carbocycles. The molecule has 16 heavy (non-hydrogen) atoms. The van der Waals surface area contributed by atoms with Crippen LogP contribution in [0.15, 0.2) is 11.9 Å². The van der Waals surface area contributed by atoms with Crippen LogP contribution in [0.25, 0.3) is 0 Å². The number of nitrogens with two attached hydrogens (primary N) is 1. The first kappa shape index (κ1) is 14.8. The second kappa shape index (κ2) is 9.07. The third-order valence-corrected chi connectivity index (χ3v) is 2.65. The zero-order valence-electron chi connectivity index (χ0n) is 10.7. The number of primary amides is 1. The van der Waals surface area contributed by atoms with Gasteiger partial charge in [-0.15, -0.1) is 0 Å². The Kier molecular flexibility index (Phi) is 8.39. The topological polar surface area (TPSA) is 67.2 Å². The van der Waals surface area contributed by atoms with Crippen molar-refractivity contribution in [1.29, 1.82) is 0 Å². The van der Waals surface area contributed by atoms with Crippen molar-refractivity contribution in [3.63, 3.8) is 0 Å². The van der Waals surface area contributed by atoms with E-state index in [0.717, 1.165) is 18.5 Å². The molecule has 94 valence electrons. The van der Waals surface area contributed by atoms with Crippen molar-refractivity contribution in [2.75, 3.05) is 7.05 Å². The fourth-order valence-electron chi connectivity index (χ4n) is 1.73. The van der Waals surface area contributed by atoms with Gasteiger partial charge in [0.2, 0.25) is 0 Å². The molecule has 4 nitrogen and oxygen atoms in total. The van der Waals surface area contributed by atoms with Crippen LogP contribution in [0.5, 0.6) is 0 Å². The molecule has 0 saturated carbocycles. The van der Waals surface area contributed by atoms with Gasteiger partial charge < -0.3 is 16.4 Å². The molecular weight excluding hydrogens is 202 g/mol. The summed E-state index contributed by atoms with van der Waals surface area (Å²) in [5.41, 5.74) is 6.00. The van der Waals surface area contributed by atoms with E-state index in [4.69, 9.17) is 5.73 Å². The molecule has 0 aliphatic rings. The van der Waals surface area contributed by atoms with E-state index in [1.165, 1.54) is 19.3 Å². The highest BCUT2D eigenvalue weighted by atomic mass is 16.2. The molecule has 0 fully saturated rings. The van der Waals surface area contributed by atoms with E-state index in [2.05, 4.69) is 24.5 Å². The number of amides is 2. The highest BCUT2D eigenvalue weighted by Crippen LogP contribution is 2.19. The molecule has 0 radical (unpaired) electrons. The molecule has 0 rings (SSSR count). The summed E-state index contributed by atoms with van der Waals surface area (Å²) in [6, 6.07) is -0.494. The number of hydrogen-bond donors (Lipinski definition) is 3. The van der Waals surface area contributed by atoms with Crippen LogP contribution in [-0.2, 0) is 0 Å². The van der Waals surface area contributed by atoms with Gasteiger partial charge in [0.05, 0.1) is 0 Å². The zero-order valence-corrected chi connectivity index (χ0v) is 10.7. The molecule has 0 spiro atoms. The minimum atomic E-state index is -0.494. The van der Waals surface area contributed by atoms with E-state index in [1.54, 1.807) is 6.20 Å². The van der Waals surface area contributed by atoms with Gasteiger partial charge >= 0.3 is 6.03 Å². The van der Waals surface area contributed by atoms with Crippen LogP contribution in [0.3, 0.4) is 0 Å². The highest BCUT2D eigenvalue weighted by Gasteiger charge is 2.10. The summed E-state index contributed by atoms with van der Waals surface area (Å²) in [5, 5.41) is 5.59. The van der Waals surface area contributed by atoms with Crippen LogP contribution < -0.4 is 16.4 Å². The van der Waals surface area contributed by atoms with Crippen molar-refractivity contribution >= 4 is 6.03 Å². The summed E-state index contributed by atoms with van der Waals surface area (Å²) in [7, 11) is 1.82. The molecule has 0 aromatic heterocycles. The smallest absolute Gasteiger partial charge is 0.316 e. The van der Waals surface area contributed by atoms with Crippen LogP contribution in [0.1, 0.15) is 46.0 Å². The maximum atomic E-state index is 10.8. The van der Waals surface area contributed by atoms with E-state index >= 15 is 0 Å². The average Bonchev–Trinajstić information content (AvgIpc) is 2.23. The van der Waals surface area contributed by atoms with Gasteiger partial charge in [0.1, 0.15) is 0 Å². The van der Waals surface area contributed by atoms with Crippen molar-refractivity contribution in [2.24, 2.45) is 11.7 Å². The molecule has 0 bridgehead atoms. The van der Waals surface area contributed by atoms with Crippen LogP contribution in [0, 0.1) is 5.92 Å². The largest absolute Gasteiger partial charge is 0.393 e. The summed E-state index contributed by atoms with van der Waals surface area (Å²) in [6.45, 7) is 4.38. The number of carbonyl (C=O) groups excluding carboxylic acids is 1. The van der Waals surface area contributed by atoms with E-state index in [0.29, 0.717) is 5.92 Å². The summed E-state index contributed by atoms with van der Waals surface area (Å²) in [4.78, 5) is 10.8. The maximum Gasteiger partial charge on any atom is 0.316 e. The van der Waals surface area contributed by atoms with Gasteiger partial charge in [-0.25, -0.2) is 4.79 Å². The lowest BCUT2D eigenvalue weighted by atomic mass is 9.94. The van der Waals surface area contributed by atoms with Crippen molar-refractivity contribution < 1.29 is 4.79 Å². The number of carbonyl (C=O) groups is 1. The van der Waals surface area contributed by atoms with E-state index in [9.17, 15) is 4.79 Å². The molecule has 0 heterocycles. The van der Waals surface area contributed by atoms with Gasteiger partial charge in [-0.2, -0.15) is 0 Å². The lowest BCUT2D eigenvalue weighted by Crippen LogP contribution is -2.30. The molecule has 1 atom stereocenters. The minimum absolute atomic E-state index is 0.494. The Bertz CT molecular complexity index is 226. The number of unbranched alkanes of at least 4 members (excludes halogenated alkanes) is 1. The van der Waals surface area contributed by atoms with E-state index in [-0.39, 0.29) is 0 Å². The molecule has 4 N–H and O–H groups in total. The van der Waals surface area contributed by atoms with Gasteiger partial charge in [0, 0.05) is 18.9 Å². The molecule has 0 saturated heterocycles. The Balaban J connectivity index is 4.23. The predicted octanol–water partition coefficient (Wildman–Crippen LogP) is 2.32. The summed E-state index contributed by atoms with van der Waals surface area (Å²) in [5.74, 6) is 0.617. The monoisotopic (exact) mass is 227 g/mol. The Morgan fingerprint density at radius 3 is 2.56 bits per heavy atom. The quantitative estimate of drug-likeness (QED) is 0.595. The number of urea groups is 1. The van der Waals surface area contributed by atoms with E-state index < -0.39 is 6.03 Å². The Hall–Kier alpha value is -1.19. The van der Waals surface area contributed by atoms with Crippen molar-refractivity contribution in [3.05, 3.63) is 11.9 Å². The lowest BCUT2D eigenvalue weighted by molar-refractivity contribution is 0.250. The van der Waals surface area contributed by atoms with Gasteiger partial charge in [0.15, 0.2) is 0 Å². The first-order valence-corrected chi connectivity index (χ1v) is 6.06. The van der Waals surface area contributed by atoms with Crippen LogP contribution in [-0.4, -0.2) is 13.1 Å². The number of rotatable bonds is 8.